The molecular weight excluding hydrogens is 329 g/mol. The molecular formula is C11H12BrCl2NO2. The van der Waals surface area contributed by atoms with Crippen molar-refractivity contribution in [1.29, 1.82) is 0 Å². The van der Waals surface area contributed by atoms with Crippen molar-refractivity contribution in [2.45, 2.75) is 12.8 Å². The molecule has 6 heteroatoms. The van der Waals surface area contributed by atoms with E-state index in [-0.39, 0.29) is 5.91 Å². The summed E-state index contributed by atoms with van der Waals surface area (Å²) in [6, 6.07) is 3.36. The van der Waals surface area contributed by atoms with Crippen LogP contribution in [0.1, 0.15) is 12.8 Å². The lowest BCUT2D eigenvalue weighted by Gasteiger charge is -2.10. The average molecular weight is 341 g/mol. The Bertz CT molecular complexity index is 413. The summed E-state index contributed by atoms with van der Waals surface area (Å²) in [5.41, 5.74) is 0.606. The Kier molecular flexibility index (Phi) is 6.09. The maximum atomic E-state index is 11.5. The molecule has 0 saturated carbocycles. The molecule has 1 aromatic carbocycles. The number of methoxy groups -OCH3 is 1. The number of benzene rings is 1. The number of carbonyl (C=O) groups excluding carboxylic acids is 1. The number of ether oxygens (including phenoxy) is 1. The van der Waals surface area contributed by atoms with Gasteiger partial charge in [-0.25, -0.2) is 0 Å². The second-order valence-corrected chi connectivity index (χ2v) is 4.89. The molecule has 0 heterocycles. The van der Waals surface area contributed by atoms with Crippen LogP contribution in [0.3, 0.4) is 0 Å². The minimum atomic E-state index is -0.0916. The van der Waals surface area contributed by atoms with Crippen LogP contribution < -0.4 is 10.1 Å². The molecule has 0 unspecified atom stereocenters. The van der Waals surface area contributed by atoms with Crippen LogP contribution in [-0.4, -0.2) is 18.9 Å². The summed E-state index contributed by atoms with van der Waals surface area (Å²) in [5.74, 6) is 0.953. The number of hydrogen-bond donors (Lipinski definition) is 1. The number of anilines is 1. The van der Waals surface area contributed by atoms with E-state index in [2.05, 4.69) is 21.2 Å². The van der Waals surface area contributed by atoms with Crippen molar-refractivity contribution in [3.8, 4) is 5.75 Å². The molecule has 3 nitrogen and oxygen atoms in total. The molecule has 0 spiro atoms. The number of alkyl halides is 1. The van der Waals surface area contributed by atoms with Crippen molar-refractivity contribution in [3.05, 3.63) is 21.6 Å². The first-order valence-corrected chi connectivity index (χ1v) is 6.68. The fraction of sp³-hybridized carbons (Fsp3) is 0.364. The van der Waals surface area contributed by atoms with Crippen LogP contribution in [0.25, 0.3) is 0 Å². The van der Waals surface area contributed by atoms with E-state index in [1.807, 2.05) is 0 Å². The molecule has 0 aliphatic rings. The van der Waals surface area contributed by atoms with Gasteiger partial charge in [-0.3, -0.25) is 4.79 Å². The lowest BCUT2D eigenvalue weighted by molar-refractivity contribution is -0.116. The monoisotopic (exact) mass is 339 g/mol. The van der Waals surface area contributed by atoms with Gasteiger partial charge in [0, 0.05) is 24.1 Å². The molecule has 17 heavy (non-hydrogen) atoms. The zero-order chi connectivity index (χ0) is 12.8. The summed E-state index contributed by atoms with van der Waals surface area (Å²) >= 11 is 14.8. The number of carbonyl (C=O) groups is 1. The van der Waals surface area contributed by atoms with Gasteiger partial charge in [0.15, 0.2) is 0 Å². The van der Waals surface area contributed by atoms with Gasteiger partial charge in [-0.15, -0.1) is 11.6 Å². The summed E-state index contributed by atoms with van der Waals surface area (Å²) in [7, 11) is 1.54. The Labute approximate surface area is 119 Å². The second-order valence-electron chi connectivity index (χ2n) is 3.32. The SMILES string of the molecule is COc1cc(NC(=O)CCCCl)cc(Cl)c1Br. The topological polar surface area (TPSA) is 38.3 Å². The van der Waals surface area contributed by atoms with Gasteiger partial charge < -0.3 is 10.1 Å². The van der Waals surface area contributed by atoms with Crippen molar-refractivity contribution in [2.24, 2.45) is 0 Å². The first kappa shape index (κ1) is 14.6. The molecule has 0 radical (unpaired) electrons. The molecule has 0 aliphatic heterocycles. The molecule has 1 rings (SSSR count). The van der Waals surface area contributed by atoms with Crippen molar-refractivity contribution in [3.63, 3.8) is 0 Å². The van der Waals surface area contributed by atoms with E-state index >= 15 is 0 Å². The van der Waals surface area contributed by atoms with E-state index in [0.29, 0.717) is 39.7 Å². The minimum Gasteiger partial charge on any atom is -0.495 e. The third kappa shape index (κ3) is 4.37. The van der Waals surface area contributed by atoms with Crippen LogP contribution in [0.2, 0.25) is 5.02 Å². The Morgan fingerprint density at radius 1 is 1.53 bits per heavy atom. The van der Waals surface area contributed by atoms with Crippen LogP contribution >= 0.6 is 39.1 Å². The van der Waals surface area contributed by atoms with E-state index in [1.165, 1.54) is 7.11 Å². The standard InChI is InChI=1S/C11H12BrCl2NO2/c1-17-9-6-7(5-8(14)11(9)12)15-10(16)3-2-4-13/h5-6H,2-4H2,1H3,(H,15,16). The highest BCUT2D eigenvalue weighted by molar-refractivity contribution is 9.10. The molecule has 0 aromatic heterocycles. The summed E-state index contributed by atoms with van der Waals surface area (Å²) in [6.07, 6.45) is 1.04. The molecule has 1 amide bonds. The first-order chi connectivity index (χ1) is 8.08. The Morgan fingerprint density at radius 3 is 2.82 bits per heavy atom. The highest BCUT2D eigenvalue weighted by atomic mass is 79.9. The lowest BCUT2D eigenvalue weighted by atomic mass is 10.2. The minimum absolute atomic E-state index is 0.0916. The average Bonchev–Trinajstić information content (AvgIpc) is 2.31. The van der Waals surface area contributed by atoms with Gasteiger partial charge in [0.2, 0.25) is 5.91 Å². The van der Waals surface area contributed by atoms with Crippen LogP contribution in [-0.2, 0) is 4.79 Å². The van der Waals surface area contributed by atoms with Crippen molar-refractivity contribution in [2.75, 3.05) is 18.3 Å². The van der Waals surface area contributed by atoms with Gasteiger partial charge in [-0.05, 0) is 28.4 Å². The van der Waals surface area contributed by atoms with E-state index in [1.54, 1.807) is 12.1 Å². The number of hydrogen-bond acceptors (Lipinski definition) is 2. The summed E-state index contributed by atoms with van der Waals surface area (Å²) < 4.78 is 5.79. The molecule has 0 fully saturated rings. The van der Waals surface area contributed by atoms with Crippen LogP contribution in [0, 0.1) is 0 Å². The quantitative estimate of drug-likeness (QED) is 0.820. The smallest absolute Gasteiger partial charge is 0.224 e. The van der Waals surface area contributed by atoms with Gasteiger partial charge in [-0.1, -0.05) is 11.6 Å². The van der Waals surface area contributed by atoms with E-state index in [4.69, 9.17) is 27.9 Å². The second kappa shape index (κ2) is 7.09. The van der Waals surface area contributed by atoms with Gasteiger partial charge in [-0.2, -0.15) is 0 Å². The zero-order valence-electron chi connectivity index (χ0n) is 9.23. The normalized spacial score (nSPS) is 10.1. The van der Waals surface area contributed by atoms with Crippen LogP contribution in [0.4, 0.5) is 5.69 Å². The van der Waals surface area contributed by atoms with Crippen LogP contribution in [0.15, 0.2) is 16.6 Å². The number of nitrogens with one attached hydrogen (secondary N) is 1. The Morgan fingerprint density at radius 2 is 2.24 bits per heavy atom. The van der Waals surface area contributed by atoms with E-state index < -0.39 is 0 Å². The highest BCUT2D eigenvalue weighted by Gasteiger charge is 2.09. The van der Waals surface area contributed by atoms with Crippen molar-refractivity contribution >= 4 is 50.7 Å². The maximum Gasteiger partial charge on any atom is 0.224 e. The highest BCUT2D eigenvalue weighted by Crippen LogP contribution is 2.35. The summed E-state index contributed by atoms with van der Waals surface area (Å²) in [5, 5.41) is 3.22. The van der Waals surface area contributed by atoms with Gasteiger partial charge in [0.1, 0.15) is 5.75 Å². The van der Waals surface area contributed by atoms with E-state index in [0.717, 1.165) is 0 Å². The first-order valence-electron chi connectivity index (χ1n) is 4.97. The fourth-order valence-corrected chi connectivity index (χ4v) is 1.97. The Hall–Kier alpha value is -0.450. The van der Waals surface area contributed by atoms with Crippen LogP contribution in [0.5, 0.6) is 5.75 Å². The predicted molar refractivity (Wildman–Crippen MR) is 74.3 cm³/mol. The predicted octanol–water partition coefficient (Wildman–Crippen LogP) is 4.07. The van der Waals surface area contributed by atoms with Gasteiger partial charge >= 0.3 is 0 Å². The molecule has 0 saturated heterocycles. The number of rotatable bonds is 5. The zero-order valence-corrected chi connectivity index (χ0v) is 12.3. The molecule has 1 N–H and O–H groups in total. The molecule has 0 atom stereocenters. The van der Waals surface area contributed by atoms with Crippen molar-refractivity contribution < 1.29 is 9.53 Å². The maximum absolute atomic E-state index is 11.5. The van der Waals surface area contributed by atoms with Gasteiger partial charge in [0.05, 0.1) is 16.6 Å². The molecule has 94 valence electrons. The molecule has 1 aromatic rings. The summed E-state index contributed by atoms with van der Waals surface area (Å²) in [6.45, 7) is 0. The van der Waals surface area contributed by atoms with E-state index in [9.17, 15) is 4.79 Å². The Balaban J connectivity index is 2.78. The molecule has 0 bridgehead atoms. The number of amides is 1. The summed E-state index contributed by atoms with van der Waals surface area (Å²) in [4.78, 5) is 11.5. The van der Waals surface area contributed by atoms with Crippen molar-refractivity contribution in [1.82, 2.24) is 0 Å². The van der Waals surface area contributed by atoms with Gasteiger partial charge in [0.25, 0.3) is 0 Å². The number of halogens is 3. The lowest BCUT2D eigenvalue weighted by Crippen LogP contribution is -2.11. The fourth-order valence-electron chi connectivity index (χ4n) is 1.24. The third-order valence-electron chi connectivity index (χ3n) is 2.04. The third-order valence-corrected chi connectivity index (χ3v) is 3.65. The molecule has 0 aliphatic carbocycles. The largest absolute Gasteiger partial charge is 0.495 e.